The summed E-state index contributed by atoms with van der Waals surface area (Å²) in [5, 5.41) is 2.85. The zero-order valence-electron chi connectivity index (χ0n) is 14.6. The summed E-state index contributed by atoms with van der Waals surface area (Å²) in [7, 11) is 0. The van der Waals surface area contributed by atoms with Crippen molar-refractivity contribution in [1.29, 1.82) is 0 Å². The van der Waals surface area contributed by atoms with E-state index in [1.165, 1.54) is 0 Å². The van der Waals surface area contributed by atoms with Crippen LogP contribution < -0.4 is 5.32 Å². The van der Waals surface area contributed by atoms with Gasteiger partial charge in [0.1, 0.15) is 0 Å². The standard InChI is InChI=1S/C20H23BrN2O2/c1-3-11-23(12-4-2)20(25)16-8-6-10-18(14-16)22-19(24)15-7-5-9-17(21)13-15/h5-10,13-14H,3-4,11-12H2,1-2H3,(H,22,24). The van der Waals surface area contributed by atoms with Crippen molar-refractivity contribution in [3.8, 4) is 0 Å². The third kappa shape index (κ3) is 5.43. The zero-order chi connectivity index (χ0) is 18.2. The number of hydrogen-bond donors (Lipinski definition) is 1. The molecule has 2 aromatic carbocycles. The molecular formula is C20H23BrN2O2. The number of halogens is 1. The first kappa shape index (κ1) is 19.2. The van der Waals surface area contributed by atoms with E-state index in [4.69, 9.17) is 0 Å². The fourth-order valence-corrected chi connectivity index (χ4v) is 3.00. The van der Waals surface area contributed by atoms with Crippen molar-refractivity contribution < 1.29 is 9.59 Å². The third-order valence-electron chi connectivity index (χ3n) is 3.73. The van der Waals surface area contributed by atoms with Crippen LogP contribution in [-0.4, -0.2) is 29.8 Å². The highest BCUT2D eigenvalue weighted by atomic mass is 79.9. The van der Waals surface area contributed by atoms with Crippen molar-refractivity contribution in [2.45, 2.75) is 26.7 Å². The Kier molecular flexibility index (Phi) is 7.19. The molecule has 0 spiro atoms. The van der Waals surface area contributed by atoms with Crippen molar-refractivity contribution >= 4 is 33.4 Å². The number of benzene rings is 2. The second kappa shape index (κ2) is 9.37. The Balaban J connectivity index is 2.15. The van der Waals surface area contributed by atoms with Gasteiger partial charge in [0, 0.05) is 34.4 Å². The van der Waals surface area contributed by atoms with Crippen LogP contribution in [0, 0.1) is 0 Å². The van der Waals surface area contributed by atoms with E-state index in [0.29, 0.717) is 16.8 Å². The van der Waals surface area contributed by atoms with Gasteiger partial charge in [-0.15, -0.1) is 0 Å². The molecule has 0 atom stereocenters. The maximum absolute atomic E-state index is 12.7. The Morgan fingerprint density at radius 2 is 1.60 bits per heavy atom. The first-order valence-electron chi connectivity index (χ1n) is 8.51. The van der Waals surface area contributed by atoms with Gasteiger partial charge in [-0.1, -0.05) is 41.9 Å². The number of nitrogens with one attached hydrogen (secondary N) is 1. The summed E-state index contributed by atoms with van der Waals surface area (Å²) in [6, 6.07) is 14.3. The van der Waals surface area contributed by atoms with Crippen LogP contribution in [0.5, 0.6) is 0 Å². The molecule has 0 unspecified atom stereocenters. The molecule has 2 aromatic rings. The van der Waals surface area contributed by atoms with Gasteiger partial charge < -0.3 is 10.2 Å². The molecule has 0 saturated carbocycles. The predicted molar refractivity (Wildman–Crippen MR) is 105 cm³/mol. The summed E-state index contributed by atoms with van der Waals surface area (Å²) in [5.41, 5.74) is 1.77. The van der Waals surface area contributed by atoms with Crippen LogP contribution in [-0.2, 0) is 0 Å². The molecule has 0 aromatic heterocycles. The minimum Gasteiger partial charge on any atom is -0.339 e. The Bertz CT molecular complexity index is 740. The van der Waals surface area contributed by atoms with Gasteiger partial charge >= 0.3 is 0 Å². The molecular weight excluding hydrogens is 380 g/mol. The minimum atomic E-state index is -0.204. The molecule has 25 heavy (non-hydrogen) atoms. The first-order chi connectivity index (χ1) is 12.0. The average molecular weight is 403 g/mol. The van der Waals surface area contributed by atoms with Crippen molar-refractivity contribution in [1.82, 2.24) is 4.90 Å². The van der Waals surface area contributed by atoms with Gasteiger partial charge in [0.25, 0.3) is 11.8 Å². The second-order valence-electron chi connectivity index (χ2n) is 5.84. The highest BCUT2D eigenvalue weighted by molar-refractivity contribution is 9.10. The normalized spacial score (nSPS) is 10.4. The Hall–Kier alpha value is -2.14. The van der Waals surface area contributed by atoms with E-state index in [1.54, 1.807) is 36.4 Å². The molecule has 0 fully saturated rings. The fourth-order valence-electron chi connectivity index (χ4n) is 2.60. The van der Waals surface area contributed by atoms with E-state index < -0.39 is 0 Å². The topological polar surface area (TPSA) is 49.4 Å². The third-order valence-corrected chi connectivity index (χ3v) is 4.22. The quantitative estimate of drug-likeness (QED) is 0.710. The molecule has 2 rings (SSSR count). The van der Waals surface area contributed by atoms with Crippen LogP contribution in [0.25, 0.3) is 0 Å². The lowest BCUT2D eigenvalue weighted by atomic mass is 10.1. The largest absolute Gasteiger partial charge is 0.339 e. The molecule has 0 saturated heterocycles. The van der Waals surface area contributed by atoms with Gasteiger partial charge in [0.15, 0.2) is 0 Å². The predicted octanol–water partition coefficient (Wildman–Crippen LogP) is 4.96. The van der Waals surface area contributed by atoms with E-state index >= 15 is 0 Å². The highest BCUT2D eigenvalue weighted by Crippen LogP contribution is 2.16. The van der Waals surface area contributed by atoms with Crippen LogP contribution in [0.2, 0.25) is 0 Å². The van der Waals surface area contributed by atoms with Gasteiger partial charge in [-0.3, -0.25) is 9.59 Å². The van der Waals surface area contributed by atoms with Crippen molar-refractivity contribution in [2.75, 3.05) is 18.4 Å². The van der Waals surface area contributed by atoms with E-state index in [1.807, 2.05) is 17.0 Å². The Labute approximate surface area is 157 Å². The van der Waals surface area contributed by atoms with Gasteiger partial charge in [-0.2, -0.15) is 0 Å². The average Bonchev–Trinajstić information content (AvgIpc) is 2.61. The summed E-state index contributed by atoms with van der Waals surface area (Å²) in [6.45, 7) is 5.59. The number of carbonyl (C=O) groups excluding carboxylic acids is 2. The number of rotatable bonds is 7. The molecule has 1 N–H and O–H groups in total. The molecule has 0 aliphatic carbocycles. The van der Waals surface area contributed by atoms with Crippen LogP contribution in [0.3, 0.4) is 0 Å². The van der Waals surface area contributed by atoms with Gasteiger partial charge in [-0.25, -0.2) is 0 Å². The smallest absolute Gasteiger partial charge is 0.255 e. The zero-order valence-corrected chi connectivity index (χ0v) is 16.2. The lowest BCUT2D eigenvalue weighted by molar-refractivity contribution is 0.0755. The van der Waals surface area contributed by atoms with Gasteiger partial charge in [0.2, 0.25) is 0 Å². The Morgan fingerprint density at radius 1 is 0.960 bits per heavy atom. The maximum Gasteiger partial charge on any atom is 0.255 e. The van der Waals surface area contributed by atoms with E-state index in [9.17, 15) is 9.59 Å². The summed E-state index contributed by atoms with van der Waals surface area (Å²) in [5.74, 6) is -0.202. The molecule has 5 heteroatoms. The van der Waals surface area contributed by atoms with Gasteiger partial charge in [0.05, 0.1) is 0 Å². The monoisotopic (exact) mass is 402 g/mol. The SMILES string of the molecule is CCCN(CCC)C(=O)c1cccc(NC(=O)c2cccc(Br)c2)c1. The van der Waals surface area contributed by atoms with E-state index in [-0.39, 0.29) is 11.8 Å². The van der Waals surface area contributed by atoms with Crippen LogP contribution in [0.15, 0.2) is 53.0 Å². The molecule has 2 amide bonds. The number of carbonyl (C=O) groups is 2. The number of nitrogens with zero attached hydrogens (tertiary/aromatic N) is 1. The number of hydrogen-bond acceptors (Lipinski definition) is 2. The maximum atomic E-state index is 12.7. The van der Waals surface area contributed by atoms with E-state index in [2.05, 4.69) is 35.1 Å². The molecule has 0 aliphatic heterocycles. The summed E-state index contributed by atoms with van der Waals surface area (Å²) in [4.78, 5) is 26.9. The van der Waals surface area contributed by atoms with Gasteiger partial charge in [-0.05, 0) is 49.2 Å². The lowest BCUT2D eigenvalue weighted by Gasteiger charge is -2.21. The summed E-state index contributed by atoms with van der Waals surface area (Å²) < 4.78 is 0.846. The molecule has 0 aliphatic rings. The highest BCUT2D eigenvalue weighted by Gasteiger charge is 2.15. The second-order valence-corrected chi connectivity index (χ2v) is 6.75. The van der Waals surface area contributed by atoms with E-state index in [0.717, 1.165) is 30.4 Å². The van der Waals surface area contributed by atoms with Crippen molar-refractivity contribution in [3.05, 3.63) is 64.1 Å². The van der Waals surface area contributed by atoms with Crippen LogP contribution in [0.1, 0.15) is 47.4 Å². The number of anilines is 1. The Morgan fingerprint density at radius 3 is 2.24 bits per heavy atom. The summed E-state index contributed by atoms with van der Waals surface area (Å²) in [6.07, 6.45) is 1.84. The molecule has 132 valence electrons. The van der Waals surface area contributed by atoms with Crippen molar-refractivity contribution in [2.24, 2.45) is 0 Å². The van der Waals surface area contributed by atoms with Crippen LogP contribution >= 0.6 is 15.9 Å². The fraction of sp³-hybridized carbons (Fsp3) is 0.300. The molecule has 0 heterocycles. The lowest BCUT2D eigenvalue weighted by Crippen LogP contribution is -2.32. The first-order valence-corrected chi connectivity index (χ1v) is 9.30. The molecule has 4 nitrogen and oxygen atoms in total. The molecule has 0 bridgehead atoms. The molecule has 0 radical (unpaired) electrons. The number of amides is 2. The van der Waals surface area contributed by atoms with Crippen LogP contribution in [0.4, 0.5) is 5.69 Å². The minimum absolute atomic E-state index is 0.00209. The summed E-state index contributed by atoms with van der Waals surface area (Å²) >= 11 is 3.36. The van der Waals surface area contributed by atoms with Crippen molar-refractivity contribution in [3.63, 3.8) is 0 Å².